The van der Waals surface area contributed by atoms with Gasteiger partial charge in [-0.1, -0.05) is 36.2 Å². The topological polar surface area (TPSA) is 21.3 Å². The van der Waals surface area contributed by atoms with E-state index >= 15 is 0 Å². The van der Waals surface area contributed by atoms with Gasteiger partial charge < -0.3 is 10.1 Å². The molecule has 0 aliphatic carbocycles. The van der Waals surface area contributed by atoms with Crippen molar-refractivity contribution in [2.24, 2.45) is 0 Å². The van der Waals surface area contributed by atoms with Crippen LogP contribution in [0.25, 0.3) is 0 Å². The first-order chi connectivity index (χ1) is 8.66. The number of piperidine rings is 1. The van der Waals surface area contributed by atoms with Crippen molar-refractivity contribution in [2.75, 3.05) is 13.2 Å². The fourth-order valence-corrected chi connectivity index (χ4v) is 2.74. The number of hydrogen-bond donors (Lipinski definition) is 1. The van der Waals surface area contributed by atoms with Gasteiger partial charge in [-0.3, -0.25) is 0 Å². The van der Waals surface area contributed by atoms with Gasteiger partial charge >= 0.3 is 0 Å². The Morgan fingerprint density at radius 2 is 2.22 bits per heavy atom. The highest BCUT2D eigenvalue weighted by Gasteiger charge is 2.15. The van der Waals surface area contributed by atoms with Gasteiger partial charge in [0.25, 0.3) is 0 Å². The molecule has 1 aromatic rings. The first kappa shape index (κ1) is 13.9. The van der Waals surface area contributed by atoms with Gasteiger partial charge in [0.2, 0.25) is 0 Å². The summed E-state index contributed by atoms with van der Waals surface area (Å²) in [7, 11) is 0. The number of benzene rings is 1. The van der Waals surface area contributed by atoms with Gasteiger partial charge in [-0.2, -0.15) is 0 Å². The Kier molecular flexibility index (Phi) is 5.07. The van der Waals surface area contributed by atoms with Crippen LogP contribution in [0.2, 0.25) is 0 Å². The molecule has 1 fully saturated rings. The maximum absolute atomic E-state index is 6.01. The summed E-state index contributed by atoms with van der Waals surface area (Å²) in [6.07, 6.45) is 3.85. The van der Waals surface area contributed by atoms with E-state index in [4.69, 9.17) is 4.74 Å². The summed E-state index contributed by atoms with van der Waals surface area (Å²) >= 11 is 3.52. The first-order valence-electron chi connectivity index (χ1n) is 6.82. The minimum absolute atomic E-state index is 0.483. The third-order valence-electron chi connectivity index (χ3n) is 3.45. The van der Waals surface area contributed by atoms with Crippen LogP contribution in [0.5, 0.6) is 5.75 Å². The summed E-state index contributed by atoms with van der Waals surface area (Å²) in [4.78, 5) is 0. The summed E-state index contributed by atoms with van der Waals surface area (Å²) in [5.74, 6) is 1.51. The molecule has 0 spiro atoms. The van der Waals surface area contributed by atoms with Gasteiger partial charge in [-0.25, -0.2) is 0 Å². The van der Waals surface area contributed by atoms with Gasteiger partial charge in [0, 0.05) is 10.5 Å². The number of ether oxygens (including phenoxy) is 1. The molecule has 0 aromatic heterocycles. The van der Waals surface area contributed by atoms with Crippen molar-refractivity contribution in [3.05, 3.63) is 28.2 Å². The summed E-state index contributed by atoms with van der Waals surface area (Å²) in [6.45, 7) is 6.31. The fraction of sp³-hybridized carbons (Fsp3) is 0.600. The molecule has 100 valence electrons. The third kappa shape index (κ3) is 3.72. The molecular weight excluding hydrogens is 290 g/mol. The zero-order chi connectivity index (χ0) is 13.0. The molecule has 0 saturated carbocycles. The number of nitrogens with one attached hydrogen (secondary N) is 1. The van der Waals surface area contributed by atoms with Crippen LogP contribution < -0.4 is 10.1 Å². The van der Waals surface area contributed by atoms with Crippen LogP contribution in [0.1, 0.15) is 44.6 Å². The van der Waals surface area contributed by atoms with Gasteiger partial charge in [-0.15, -0.1) is 0 Å². The van der Waals surface area contributed by atoms with Crippen LogP contribution in [0, 0.1) is 0 Å². The molecule has 1 aliphatic rings. The average Bonchev–Trinajstić information content (AvgIpc) is 2.38. The molecule has 18 heavy (non-hydrogen) atoms. The second kappa shape index (κ2) is 6.58. The van der Waals surface area contributed by atoms with Crippen molar-refractivity contribution in [2.45, 2.75) is 45.1 Å². The van der Waals surface area contributed by atoms with E-state index in [0.29, 0.717) is 12.0 Å². The Morgan fingerprint density at radius 3 is 2.89 bits per heavy atom. The molecule has 1 atom stereocenters. The highest BCUT2D eigenvalue weighted by molar-refractivity contribution is 9.10. The van der Waals surface area contributed by atoms with E-state index in [1.165, 1.54) is 24.8 Å². The minimum Gasteiger partial charge on any atom is -0.492 e. The maximum Gasteiger partial charge on any atom is 0.122 e. The molecule has 1 aromatic carbocycles. The second-order valence-electron chi connectivity index (χ2n) is 5.29. The van der Waals surface area contributed by atoms with Gasteiger partial charge in [-0.05, 0) is 49.1 Å². The zero-order valence-electron chi connectivity index (χ0n) is 11.2. The number of rotatable bonds is 4. The van der Waals surface area contributed by atoms with Crippen LogP contribution in [0.4, 0.5) is 0 Å². The summed E-state index contributed by atoms with van der Waals surface area (Å²) < 4.78 is 7.13. The minimum atomic E-state index is 0.483. The van der Waals surface area contributed by atoms with Crippen molar-refractivity contribution < 1.29 is 4.74 Å². The summed E-state index contributed by atoms with van der Waals surface area (Å²) in [6, 6.07) is 6.80. The second-order valence-corrected chi connectivity index (χ2v) is 6.21. The van der Waals surface area contributed by atoms with Crippen molar-refractivity contribution in [1.82, 2.24) is 5.32 Å². The predicted octanol–water partition coefficient (Wildman–Crippen LogP) is 4.09. The Bertz CT molecular complexity index is 386. The van der Waals surface area contributed by atoms with E-state index in [9.17, 15) is 0 Å². The van der Waals surface area contributed by atoms with Crippen LogP contribution in [0.3, 0.4) is 0 Å². The highest BCUT2D eigenvalue weighted by Crippen LogP contribution is 2.29. The Labute approximate surface area is 118 Å². The molecule has 1 unspecified atom stereocenters. The van der Waals surface area contributed by atoms with E-state index < -0.39 is 0 Å². The van der Waals surface area contributed by atoms with Crippen LogP contribution in [-0.4, -0.2) is 19.2 Å². The summed E-state index contributed by atoms with van der Waals surface area (Å²) in [5.41, 5.74) is 1.28. The maximum atomic E-state index is 6.01. The molecule has 0 amide bonds. The van der Waals surface area contributed by atoms with Crippen molar-refractivity contribution >= 4 is 15.9 Å². The SMILES string of the molecule is CC(C)c1cc(Br)ccc1OCC1CCCCN1. The van der Waals surface area contributed by atoms with E-state index in [-0.39, 0.29) is 0 Å². The van der Waals surface area contributed by atoms with Crippen molar-refractivity contribution in [3.63, 3.8) is 0 Å². The molecule has 3 heteroatoms. The van der Waals surface area contributed by atoms with Crippen LogP contribution in [0.15, 0.2) is 22.7 Å². The van der Waals surface area contributed by atoms with Crippen molar-refractivity contribution in [3.8, 4) is 5.75 Å². The lowest BCUT2D eigenvalue weighted by Gasteiger charge is -2.24. The third-order valence-corrected chi connectivity index (χ3v) is 3.94. The van der Waals surface area contributed by atoms with Gasteiger partial charge in [0.1, 0.15) is 12.4 Å². The standard InChI is InChI=1S/C15H22BrNO/c1-11(2)14-9-12(16)6-7-15(14)18-10-13-5-3-4-8-17-13/h6-7,9,11,13,17H,3-5,8,10H2,1-2H3. The highest BCUT2D eigenvalue weighted by atomic mass is 79.9. The lowest BCUT2D eigenvalue weighted by Crippen LogP contribution is -2.38. The molecular formula is C15H22BrNO. The van der Waals surface area contributed by atoms with E-state index in [1.54, 1.807) is 0 Å². The molecule has 1 saturated heterocycles. The molecule has 2 rings (SSSR count). The van der Waals surface area contributed by atoms with Crippen LogP contribution >= 0.6 is 15.9 Å². The lowest BCUT2D eigenvalue weighted by molar-refractivity contribution is 0.237. The molecule has 1 heterocycles. The lowest BCUT2D eigenvalue weighted by atomic mass is 10.0. The quantitative estimate of drug-likeness (QED) is 0.904. The largest absolute Gasteiger partial charge is 0.492 e. The van der Waals surface area contributed by atoms with Gasteiger partial charge in [0.15, 0.2) is 0 Å². The summed E-state index contributed by atoms with van der Waals surface area (Å²) in [5, 5.41) is 3.52. The Morgan fingerprint density at radius 1 is 1.39 bits per heavy atom. The first-order valence-corrected chi connectivity index (χ1v) is 7.61. The molecule has 0 radical (unpaired) electrons. The predicted molar refractivity (Wildman–Crippen MR) is 79.4 cm³/mol. The normalized spacial score (nSPS) is 20.1. The van der Waals surface area contributed by atoms with E-state index in [1.807, 2.05) is 0 Å². The Hall–Kier alpha value is -0.540. The monoisotopic (exact) mass is 311 g/mol. The Balaban J connectivity index is 1.99. The number of halogens is 1. The molecule has 1 aliphatic heterocycles. The zero-order valence-corrected chi connectivity index (χ0v) is 12.8. The van der Waals surface area contributed by atoms with Crippen molar-refractivity contribution in [1.29, 1.82) is 0 Å². The van der Waals surface area contributed by atoms with E-state index in [0.717, 1.165) is 23.4 Å². The molecule has 1 N–H and O–H groups in total. The molecule has 0 bridgehead atoms. The molecule has 2 nitrogen and oxygen atoms in total. The number of hydrogen-bond acceptors (Lipinski definition) is 2. The van der Waals surface area contributed by atoms with Crippen LogP contribution in [-0.2, 0) is 0 Å². The smallest absolute Gasteiger partial charge is 0.122 e. The van der Waals surface area contributed by atoms with Gasteiger partial charge in [0.05, 0.1) is 0 Å². The average molecular weight is 312 g/mol. The van der Waals surface area contributed by atoms with E-state index in [2.05, 4.69) is 53.3 Å². The fourth-order valence-electron chi connectivity index (χ4n) is 2.36.